The standard InChI is InChI=1S/C12H15ClIN5O/c1-3-18-9-8(15-12(18)14)10(17-11(13)16-9)19-4-5-20-6-7(19)2/h7H,3-6H2,1-2H3. The highest BCUT2D eigenvalue weighted by Gasteiger charge is 2.25. The third-order valence-electron chi connectivity index (χ3n) is 3.46. The summed E-state index contributed by atoms with van der Waals surface area (Å²) in [5, 5.41) is 0.261. The fourth-order valence-electron chi connectivity index (χ4n) is 2.46. The Labute approximate surface area is 135 Å². The molecular formula is C12H15ClIN5O. The van der Waals surface area contributed by atoms with Gasteiger partial charge in [-0.2, -0.15) is 9.97 Å². The lowest BCUT2D eigenvalue weighted by atomic mass is 10.2. The molecular weight excluding hydrogens is 393 g/mol. The summed E-state index contributed by atoms with van der Waals surface area (Å²) in [5.41, 5.74) is 1.61. The van der Waals surface area contributed by atoms with Crippen molar-refractivity contribution < 1.29 is 4.74 Å². The second-order valence-electron chi connectivity index (χ2n) is 4.73. The van der Waals surface area contributed by atoms with E-state index in [0.717, 1.165) is 33.9 Å². The van der Waals surface area contributed by atoms with Gasteiger partial charge in [-0.15, -0.1) is 0 Å². The first kappa shape index (κ1) is 14.3. The molecule has 0 aromatic carbocycles. The lowest BCUT2D eigenvalue weighted by Gasteiger charge is -2.34. The minimum absolute atomic E-state index is 0.252. The first-order valence-corrected chi connectivity index (χ1v) is 8.01. The van der Waals surface area contributed by atoms with E-state index in [2.05, 4.69) is 56.3 Å². The maximum absolute atomic E-state index is 6.11. The Bertz CT molecular complexity index is 646. The lowest BCUT2D eigenvalue weighted by Crippen LogP contribution is -2.44. The van der Waals surface area contributed by atoms with Crippen LogP contribution in [0.3, 0.4) is 0 Å². The molecule has 3 heterocycles. The number of aromatic nitrogens is 4. The topological polar surface area (TPSA) is 56.1 Å². The predicted molar refractivity (Wildman–Crippen MR) is 86.4 cm³/mol. The van der Waals surface area contributed by atoms with Crippen LogP contribution in [0.5, 0.6) is 0 Å². The zero-order valence-corrected chi connectivity index (χ0v) is 14.2. The molecule has 2 aromatic heterocycles. The Kier molecular flexibility index (Phi) is 4.00. The molecule has 108 valence electrons. The third-order valence-corrected chi connectivity index (χ3v) is 4.45. The van der Waals surface area contributed by atoms with Crippen LogP contribution in [0.15, 0.2) is 0 Å². The maximum Gasteiger partial charge on any atom is 0.226 e. The van der Waals surface area contributed by atoms with Gasteiger partial charge in [-0.1, -0.05) is 0 Å². The highest BCUT2D eigenvalue weighted by atomic mass is 127. The zero-order valence-electron chi connectivity index (χ0n) is 11.3. The van der Waals surface area contributed by atoms with Crippen LogP contribution in [0.2, 0.25) is 5.28 Å². The van der Waals surface area contributed by atoms with Gasteiger partial charge in [0.15, 0.2) is 20.8 Å². The van der Waals surface area contributed by atoms with Crippen molar-refractivity contribution in [3.63, 3.8) is 0 Å². The van der Waals surface area contributed by atoms with E-state index in [0.29, 0.717) is 13.2 Å². The summed E-state index contributed by atoms with van der Waals surface area (Å²) in [5.74, 6) is 0.806. The number of aryl methyl sites for hydroxylation is 1. The van der Waals surface area contributed by atoms with Crippen molar-refractivity contribution in [3.8, 4) is 0 Å². The van der Waals surface area contributed by atoms with Crippen LogP contribution in [-0.4, -0.2) is 45.3 Å². The highest BCUT2D eigenvalue weighted by molar-refractivity contribution is 14.1. The number of fused-ring (bicyclic) bond motifs is 1. The van der Waals surface area contributed by atoms with Crippen molar-refractivity contribution in [2.45, 2.75) is 26.4 Å². The van der Waals surface area contributed by atoms with Crippen molar-refractivity contribution in [1.29, 1.82) is 0 Å². The van der Waals surface area contributed by atoms with Crippen LogP contribution in [0, 0.1) is 3.83 Å². The summed E-state index contributed by atoms with van der Waals surface area (Å²) in [6.07, 6.45) is 0. The number of halogens is 2. The smallest absolute Gasteiger partial charge is 0.226 e. The van der Waals surface area contributed by atoms with Gasteiger partial charge in [0, 0.05) is 35.7 Å². The molecule has 0 spiro atoms. The van der Waals surface area contributed by atoms with Crippen LogP contribution in [0.25, 0.3) is 11.2 Å². The Morgan fingerprint density at radius 2 is 2.20 bits per heavy atom. The van der Waals surface area contributed by atoms with Crippen molar-refractivity contribution >= 4 is 51.2 Å². The van der Waals surface area contributed by atoms with Crippen LogP contribution in [0.4, 0.5) is 5.82 Å². The number of rotatable bonds is 2. The molecule has 3 rings (SSSR count). The average Bonchev–Trinajstić information content (AvgIpc) is 2.74. The Morgan fingerprint density at radius 3 is 2.90 bits per heavy atom. The van der Waals surface area contributed by atoms with Gasteiger partial charge >= 0.3 is 0 Å². The van der Waals surface area contributed by atoms with E-state index in [9.17, 15) is 0 Å². The van der Waals surface area contributed by atoms with E-state index in [4.69, 9.17) is 16.3 Å². The molecule has 1 atom stereocenters. The van der Waals surface area contributed by atoms with E-state index >= 15 is 0 Å². The van der Waals surface area contributed by atoms with Gasteiger partial charge < -0.3 is 14.2 Å². The number of hydrogen-bond donors (Lipinski definition) is 0. The van der Waals surface area contributed by atoms with E-state index in [1.807, 2.05) is 4.57 Å². The molecule has 2 aromatic rings. The van der Waals surface area contributed by atoms with Gasteiger partial charge in [0.1, 0.15) is 0 Å². The molecule has 1 fully saturated rings. The molecule has 6 nitrogen and oxygen atoms in total. The van der Waals surface area contributed by atoms with Gasteiger partial charge in [0.25, 0.3) is 0 Å². The number of imidazole rings is 1. The molecule has 0 saturated carbocycles. The predicted octanol–water partition coefficient (Wildman–Crippen LogP) is 2.33. The SMILES string of the molecule is CCn1c(I)nc2c(N3CCOCC3C)nc(Cl)nc21. The number of ether oxygens (including phenoxy) is 1. The van der Waals surface area contributed by atoms with E-state index in [-0.39, 0.29) is 11.3 Å². The van der Waals surface area contributed by atoms with E-state index in [1.54, 1.807) is 0 Å². The van der Waals surface area contributed by atoms with Crippen molar-refractivity contribution in [2.75, 3.05) is 24.7 Å². The minimum Gasteiger partial charge on any atom is -0.377 e. The lowest BCUT2D eigenvalue weighted by molar-refractivity contribution is 0.0986. The van der Waals surface area contributed by atoms with Crippen LogP contribution < -0.4 is 4.90 Å². The molecule has 0 aliphatic carbocycles. The Balaban J connectivity index is 2.19. The molecule has 1 unspecified atom stereocenters. The third kappa shape index (κ3) is 2.35. The second kappa shape index (κ2) is 5.61. The molecule has 0 amide bonds. The minimum atomic E-state index is 0.252. The second-order valence-corrected chi connectivity index (χ2v) is 6.03. The van der Waals surface area contributed by atoms with Gasteiger partial charge in [-0.05, 0) is 25.4 Å². The number of nitrogens with zero attached hydrogens (tertiary/aromatic N) is 5. The number of morpholine rings is 1. The Morgan fingerprint density at radius 1 is 1.40 bits per heavy atom. The van der Waals surface area contributed by atoms with Crippen molar-refractivity contribution in [1.82, 2.24) is 19.5 Å². The molecule has 0 bridgehead atoms. The molecule has 1 aliphatic rings. The number of anilines is 1. The first-order valence-electron chi connectivity index (χ1n) is 6.55. The van der Waals surface area contributed by atoms with Crippen molar-refractivity contribution in [2.24, 2.45) is 0 Å². The van der Waals surface area contributed by atoms with E-state index in [1.165, 1.54) is 0 Å². The summed E-state index contributed by atoms with van der Waals surface area (Å²) in [7, 11) is 0. The normalized spacial score (nSPS) is 19.8. The summed E-state index contributed by atoms with van der Waals surface area (Å²) >= 11 is 8.32. The summed E-state index contributed by atoms with van der Waals surface area (Å²) in [6, 6.07) is 0.252. The zero-order chi connectivity index (χ0) is 14.3. The van der Waals surface area contributed by atoms with Crippen LogP contribution in [0.1, 0.15) is 13.8 Å². The van der Waals surface area contributed by atoms with Gasteiger partial charge in [-0.3, -0.25) is 0 Å². The molecule has 1 aliphatic heterocycles. The molecule has 8 heteroatoms. The quantitative estimate of drug-likeness (QED) is 0.434. The van der Waals surface area contributed by atoms with Gasteiger partial charge in [0.05, 0.1) is 19.3 Å². The van der Waals surface area contributed by atoms with Gasteiger partial charge in [-0.25, -0.2) is 4.98 Å². The largest absolute Gasteiger partial charge is 0.377 e. The molecule has 0 radical (unpaired) electrons. The summed E-state index contributed by atoms with van der Waals surface area (Å²) in [6.45, 7) is 7.16. The number of hydrogen-bond acceptors (Lipinski definition) is 5. The highest BCUT2D eigenvalue weighted by Crippen LogP contribution is 2.28. The average molecular weight is 408 g/mol. The van der Waals surface area contributed by atoms with Gasteiger partial charge in [0.2, 0.25) is 5.28 Å². The molecule has 20 heavy (non-hydrogen) atoms. The summed E-state index contributed by atoms with van der Waals surface area (Å²) < 4.78 is 8.42. The monoisotopic (exact) mass is 407 g/mol. The fourth-order valence-corrected chi connectivity index (χ4v) is 3.43. The van der Waals surface area contributed by atoms with Crippen molar-refractivity contribution in [3.05, 3.63) is 9.11 Å². The van der Waals surface area contributed by atoms with Crippen LogP contribution in [-0.2, 0) is 11.3 Å². The van der Waals surface area contributed by atoms with E-state index < -0.39 is 0 Å². The maximum atomic E-state index is 6.11. The molecule has 0 N–H and O–H groups in total. The van der Waals surface area contributed by atoms with Crippen LogP contribution >= 0.6 is 34.2 Å². The molecule has 1 saturated heterocycles. The Hall–Kier alpha value is -0.670. The fraction of sp³-hybridized carbons (Fsp3) is 0.583. The first-order chi connectivity index (χ1) is 9.61. The summed E-state index contributed by atoms with van der Waals surface area (Å²) in [4.78, 5) is 15.6.